The number of hydrogen-bond donors (Lipinski definition) is 1. The first kappa shape index (κ1) is 14.4. The quantitative estimate of drug-likeness (QED) is 0.857. The Morgan fingerprint density at radius 1 is 1.37 bits per heavy atom. The summed E-state index contributed by atoms with van der Waals surface area (Å²) in [6.07, 6.45) is 7.79. The van der Waals surface area contributed by atoms with Gasteiger partial charge in [0.2, 0.25) is 5.95 Å². The van der Waals surface area contributed by atoms with Gasteiger partial charge in [0.25, 0.3) is 0 Å². The lowest BCUT2D eigenvalue weighted by atomic mass is 10.0. The number of rotatable bonds is 6. The molecule has 0 amide bonds. The van der Waals surface area contributed by atoms with E-state index in [-0.39, 0.29) is 0 Å². The average molecular weight is 264 g/mol. The van der Waals surface area contributed by atoms with Crippen LogP contribution in [-0.2, 0) is 0 Å². The first-order valence-corrected chi connectivity index (χ1v) is 7.69. The van der Waals surface area contributed by atoms with E-state index in [2.05, 4.69) is 46.7 Å². The number of likely N-dealkylation sites (tertiary alicyclic amines) is 1. The van der Waals surface area contributed by atoms with E-state index in [4.69, 9.17) is 0 Å². The summed E-state index contributed by atoms with van der Waals surface area (Å²) in [4.78, 5) is 7.03. The lowest BCUT2D eigenvalue weighted by Crippen LogP contribution is -2.35. The summed E-state index contributed by atoms with van der Waals surface area (Å²) >= 11 is 0. The Balaban J connectivity index is 1.90. The van der Waals surface area contributed by atoms with E-state index in [1.54, 1.807) is 0 Å². The predicted molar refractivity (Wildman–Crippen MR) is 80.6 cm³/mol. The fourth-order valence-electron chi connectivity index (χ4n) is 2.78. The van der Waals surface area contributed by atoms with Gasteiger partial charge in [0.05, 0.1) is 0 Å². The second-order valence-corrected chi connectivity index (χ2v) is 6.01. The van der Waals surface area contributed by atoms with Crippen LogP contribution in [0.1, 0.15) is 46.1 Å². The molecule has 4 nitrogen and oxygen atoms in total. The van der Waals surface area contributed by atoms with Crippen LogP contribution in [-0.4, -0.2) is 40.6 Å². The van der Waals surface area contributed by atoms with Crippen LogP contribution in [0.2, 0.25) is 0 Å². The maximum Gasteiger partial charge on any atom is 0.203 e. The molecular weight excluding hydrogens is 236 g/mol. The normalized spacial score (nSPS) is 18.1. The van der Waals surface area contributed by atoms with E-state index in [0.717, 1.165) is 12.5 Å². The Morgan fingerprint density at radius 2 is 2.11 bits per heavy atom. The molecule has 108 valence electrons. The van der Waals surface area contributed by atoms with E-state index < -0.39 is 0 Å². The zero-order valence-electron chi connectivity index (χ0n) is 12.6. The molecule has 0 spiro atoms. The third-order valence-electron chi connectivity index (χ3n) is 3.83. The number of imidazole rings is 1. The van der Waals surface area contributed by atoms with Crippen molar-refractivity contribution in [3.63, 3.8) is 0 Å². The molecule has 0 unspecified atom stereocenters. The van der Waals surface area contributed by atoms with Crippen molar-refractivity contribution in [3.05, 3.63) is 12.4 Å². The fraction of sp³-hybridized carbons (Fsp3) is 0.800. The summed E-state index contributed by atoms with van der Waals surface area (Å²) in [5.74, 6) is 1.69. The smallest absolute Gasteiger partial charge is 0.203 e. The molecule has 2 heterocycles. The van der Waals surface area contributed by atoms with Crippen LogP contribution >= 0.6 is 0 Å². The molecule has 2 rings (SSSR count). The molecule has 1 aliphatic rings. The van der Waals surface area contributed by atoms with Crippen LogP contribution in [0.25, 0.3) is 0 Å². The molecule has 0 saturated carbocycles. The zero-order valence-corrected chi connectivity index (χ0v) is 12.6. The summed E-state index contributed by atoms with van der Waals surface area (Å²) in [5, 5.41) is 3.46. The number of nitrogens with zero attached hydrogens (tertiary/aromatic N) is 3. The Hall–Kier alpha value is -1.03. The van der Waals surface area contributed by atoms with E-state index in [1.165, 1.54) is 38.9 Å². The van der Waals surface area contributed by atoms with Gasteiger partial charge in [0.1, 0.15) is 0 Å². The molecule has 1 saturated heterocycles. The van der Waals surface area contributed by atoms with Gasteiger partial charge in [-0.1, -0.05) is 20.8 Å². The number of piperidine rings is 1. The van der Waals surface area contributed by atoms with Crippen LogP contribution in [0, 0.1) is 5.92 Å². The van der Waals surface area contributed by atoms with Gasteiger partial charge < -0.3 is 14.8 Å². The van der Waals surface area contributed by atoms with Crippen molar-refractivity contribution in [1.29, 1.82) is 0 Å². The van der Waals surface area contributed by atoms with Crippen molar-refractivity contribution in [1.82, 2.24) is 14.5 Å². The highest BCUT2D eigenvalue weighted by Crippen LogP contribution is 2.25. The molecule has 1 N–H and O–H groups in total. The number of anilines is 1. The fourth-order valence-corrected chi connectivity index (χ4v) is 2.78. The van der Waals surface area contributed by atoms with Crippen LogP contribution in [0.15, 0.2) is 12.4 Å². The van der Waals surface area contributed by atoms with Gasteiger partial charge in [-0.15, -0.1) is 0 Å². The van der Waals surface area contributed by atoms with Gasteiger partial charge in [-0.2, -0.15) is 0 Å². The molecule has 0 aromatic carbocycles. The van der Waals surface area contributed by atoms with Gasteiger partial charge in [0, 0.05) is 38.1 Å². The van der Waals surface area contributed by atoms with Crippen molar-refractivity contribution in [2.24, 2.45) is 5.92 Å². The molecule has 0 bridgehead atoms. The molecule has 0 radical (unpaired) electrons. The van der Waals surface area contributed by atoms with Gasteiger partial charge in [0.15, 0.2) is 0 Å². The monoisotopic (exact) mass is 264 g/mol. The Labute approximate surface area is 117 Å². The highest BCUT2D eigenvalue weighted by Gasteiger charge is 2.21. The number of aromatic nitrogens is 2. The van der Waals surface area contributed by atoms with E-state index >= 15 is 0 Å². The summed E-state index contributed by atoms with van der Waals surface area (Å²) in [5.41, 5.74) is 0. The predicted octanol–water partition coefficient (Wildman–Crippen LogP) is 3.00. The minimum Gasteiger partial charge on any atom is -0.355 e. The largest absolute Gasteiger partial charge is 0.355 e. The lowest BCUT2D eigenvalue weighted by molar-refractivity contribution is 0.187. The van der Waals surface area contributed by atoms with Crippen molar-refractivity contribution in [2.75, 3.05) is 31.5 Å². The van der Waals surface area contributed by atoms with Crippen LogP contribution in [0.3, 0.4) is 0 Å². The first-order chi connectivity index (χ1) is 9.20. The Bertz CT molecular complexity index is 364. The second-order valence-electron chi connectivity index (χ2n) is 6.01. The van der Waals surface area contributed by atoms with Gasteiger partial charge in [-0.3, -0.25) is 0 Å². The van der Waals surface area contributed by atoms with Crippen molar-refractivity contribution in [2.45, 2.75) is 46.1 Å². The summed E-state index contributed by atoms with van der Waals surface area (Å²) in [6.45, 7) is 11.4. The minimum absolute atomic E-state index is 0.616. The highest BCUT2D eigenvalue weighted by atomic mass is 15.2. The number of hydrogen-bond acceptors (Lipinski definition) is 3. The maximum atomic E-state index is 4.46. The van der Waals surface area contributed by atoms with Gasteiger partial charge >= 0.3 is 0 Å². The zero-order chi connectivity index (χ0) is 13.7. The lowest BCUT2D eigenvalue weighted by Gasteiger charge is -2.33. The van der Waals surface area contributed by atoms with Crippen molar-refractivity contribution in [3.8, 4) is 0 Å². The van der Waals surface area contributed by atoms with E-state index in [0.29, 0.717) is 12.0 Å². The van der Waals surface area contributed by atoms with Crippen LogP contribution in [0.5, 0.6) is 0 Å². The Kier molecular flexibility index (Phi) is 5.25. The Morgan fingerprint density at radius 3 is 2.74 bits per heavy atom. The number of nitrogens with one attached hydrogen (secondary N) is 1. The second kappa shape index (κ2) is 6.94. The molecule has 1 aromatic rings. The molecule has 4 heteroatoms. The summed E-state index contributed by atoms with van der Waals surface area (Å²) in [7, 11) is 0. The molecule has 19 heavy (non-hydrogen) atoms. The van der Waals surface area contributed by atoms with Crippen LogP contribution in [0.4, 0.5) is 5.95 Å². The van der Waals surface area contributed by atoms with Gasteiger partial charge in [-0.05, 0) is 31.7 Å². The molecule has 1 aromatic heterocycles. The van der Waals surface area contributed by atoms with E-state index in [9.17, 15) is 0 Å². The molecule has 1 aliphatic heterocycles. The third kappa shape index (κ3) is 3.96. The molecule has 1 fully saturated rings. The summed E-state index contributed by atoms with van der Waals surface area (Å²) < 4.78 is 2.34. The van der Waals surface area contributed by atoms with Gasteiger partial charge in [-0.25, -0.2) is 4.98 Å². The maximum absolute atomic E-state index is 4.46. The summed E-state index contributed by atoms with van der Waals surface area (Å²) in [6, 6.07) is 0.616. The van der Waals surface area contributed by atoms with Crippen molar-refractivity contribution >= 4 is 5.95 Å². The standard InChI is InChI=1S/C15H28N4/c1-4-8-18-9-5-14(6-10-18)19-11-7-16-15(19)17-12-13(2)3/h7,11,13-14H,4-6,8-10,12H2,1-3H3,(H,16,17). The molecular formula is C15H28N4. The highest BCUT2D eigenvalue weighted by molar-refractivity contribution is 5.26. The third-order valence-corrected chi connectivity index (χ3v) is 3.83. The molecule has 0 atom stereocenters. The topological polar surface area (TPSA) is 33.1 Å². The van der Waals surface area contributed by atoms with Crippen molar-refractivity contribution < 1.29 is 0 Å². The molecule has 0 aliphatic carbocycles. The van der Waals surface area contributed by atoms with Crippen LogP contribution < -0.4 is 5.32 Å². The van der Waals surface area contributed by atoms with E-state index in [1.807, 2.05) is 6.20 Å². The first-order valence-electron chi connectivity index (χ1n) is 7.69. The average Bonchev–Trinajstić information content (AvgIpc) is 2.86. The minimum atomic E-state index is 0.616. The SMILES string of the molecule is CCCN1CCC(n2ccnc2NCC(C)C)CC1.